The van der Waals surface area contributed by atoms with Crippen molar-refractivity contribution >= 4 is 21.6 Å². The van der Waals surface area contributed by atoms with Gasteiger partial charge >= 0.3 is 6.18 Å². The Balaban J connectivity index is 2.62. The minimum atomic E-state index is -4.89. The second-order valence-corrected chi connectivity index (χ2v) is 5.03. The minimum absolute atomic E-state index is 0.0371. The molecular formula is C14H6BrF3N2O3. The van der Waals surface area contributed by atoms with Crippen LogP contribution in [-0.4, -0.2) is 4.92 Å². The number of nitrogens with zero attached hydrogens (tertiary/aromatic N) is 2. The van der Waals surface area contributed by atoms with E-state index in [9.17, 15) is 23.3 Å². The van der Waals surface area contributed by atoms with Gasteiger partial charge in [-0.3, -0.25) is 10.1 Å². The summed E-state index contributed by atoms with van der Waals surface area (Å²) < 4.78 is 44.2. The molecule has 0 aromatic heterocycles. The quantitative estimate of drug-likeness (QED) is 0.546. The second-order valence-electron chi connectivity index (χ2n) is 4.24. The number of nitro groups is 1. The summed E-state index contributed by atoms with van der Waals surface area (Å²) in [4.78, 5) is 9.86. The number of hydrogen-bond donors (Lipinski definition) is 0. The molecule has 2 rings (SSSR count). The summed E-state index contributed by atoms with van der Waals surface area (Å²) in [6.45, 7) is 0. The highest BCUT2D eigenvalue weighted by Crippen LogP contribution is 2.46. The van der Waals surface area contributed by atoms with Crippen molar-refractivity contribution in [1.82, 2.24) is 0 Å². The van der Waals surface area contributed by atoms with Gasteiger partial charge in [0.1, 0.15) is 27.6 Å². The monoisotopic (exact) mass is 386 g/mol. The molecule has 5 nitrogen and oxygen atoms in total. The van der Waals surface area contributed by atoms with Gasteiger partial charge in [-0.05, 0) is 34.1 Å². The number of nitro benzene ring substituents is 1. The number of halogens is 4. The van der Waals surface area contributed by atoms with Crippen molar-refractivity contribution in [1.29, 1.82) is 5.26 Å². The average Bonchev–Trinajstić information content (AvgIpc) is 2.46. The number of hydrogen-bond acceptors (Lipinski definition) is 4. The van der Waals surface area contributed by atoms with Crippen LogP contribution in [0.5, 0.6) is 11.5 Å². The maximum absolute atomic E-state index is 13.2. The van der Waals surface area contributed by atoms with Gasteiger partial charge in [-0.1, -0.05) is 12.1 Å². The van der Waals surface area contributed by atoms with Crippen LogP contribution in [0.3, 0.4) is 0 Å². The molecule has 23 heavy (non-hydrogen) atoms. The molecule has 0 aliphatic heterocycles. The van der Waals surface area contributed by atoms with E-state index in [0.29, 0.717) is 0 Å². The summed E-state index contributed by atoms with van der Waals surface area (Å²) >= 11 is 2.61. The average molecular weight is 387 g/mol. The fraction of sp³-hybridized carbons (Fsp3) is 0.0714. The maximum atomic E-state index is 13.2. The highest BCUT2D eigenvalue weighted by molar-refractivity contribution is 9.10. The Morgan fingerprint density at radius 3 is 2.39 bits per heavy atom. The number of nitriles is 1. The number of benzene rings is 2. The summed E-state index contributed by atoms with van der Waals surface area (Å²) in [5.41, 5.74) is -2.02. The molecule has 0 unspecified atom stereocenters. The van der Waals surface area contributed by atoms with Crippen LogP contribution in [0.25, 0.3) is 0 Å². The van der Waals surface area contributed by atoms with E-state index in [4.69, 9.17) is 10.00 Å². The molecule has 118 valence electrons. The van der Waals surface area contributed by atoms with Crippen LogP contribution in [0.4, 0.5) is 18.9 Å². The van der Waals surface area contributed by atoms with Crippen LogP contribution in [0.2, 0.25) is 0 Å². The SMILES string of the molecule is N#Cc1ccccc1Oc1ccc([N+](=O)[O-])c(Br)c1C(F)(F)F. The van der Waals surface area contributed by atoms with E-state index >= 15 is 0 Å². The van der Waals surface area contributed by atoms with Crippen molar-refractivity contribution in [3.05, 3.63) is 62.1 Å². The first-order chi connectivity index (χ1) is 10.8. The van der Waals surface area contributed by atoms with E-state index in [1.807, 2.05) is 0 Å². The minimum Gasteiger partial charge on any atom is -0.455 e. The Bertz CT molecular complexity index is 816. The van der Waals surface area contributed by atoms with E-state index in [-0.39, 0.29) is 11.3 Å². The molecule has 0 bridgehead atoms. The van der Waals surface area contributed by atoms with Gasteiger partial charge in [-0.25, -0.2) is 0 Å². The molecule has 0 aliphatic rings. The Morgan fingerprint density at radius 1 is 1.17 bits per heavy atom. The molecule has 0 aliphatic carbocycles. The maximum Gasteiger partial charge on any atom is 0.421 e. The van der Waals surface area contributed by atoms with Crippen molar-refractivity contribution in [3.63, 3.8) is 0 Å². The third kappa shape index (κ3) is 3.43. The van der Waals surface area contributed by atoms with Crippen molar-refractivity contribution in [2.45, 2.75) is 6.18 Å². The topological polar surface area (TPSA) is 76.2 Å². The zero-order valence-electron chi connectivity index (χ0n) is 11.1. The zero-order chi connectivity index (χ0) is 17.2. The van der Waals surface area contributed by atoms with Gasteiger partial charge in [0.15, 0.2) is 0 Å². The molecule has 0 saturated heterocycles. The van der Waals surface area contributed by atoms with Crippen LogP contribution >= 0.6 is 15.9 Å². The van der Waals surface area contributed by atoms with Crippen LogP contribution in [0, 0.1) is 21.4 Å². The van der Waals surface area contributed by atoms with Gasteiger partial charge in [0.25, 0.3) is 5.69 Å². The molecule has 0 N–H and O–H groups in total. The van der Waals surface area contributed by atoms with E-state index in [2.05, 4.69) is 15.9 Å². The largest absolute Gasteiger partial charge is 0.455 e. The normalized spacial score (nSPS) is 10.9. The predicted octanol–water partition coefficient (Wildman–Crippen LogP) is 5.04. The molecule has 0 atom stereocenters. The lowest BCUT2D eigenvalue weighted by Crippen LogP contribution is -2.10. The van der Waals surface area contributed by atoms with E-state index in [0.717, 1.165) is 12.1 Å². The van der Waals surface area contributed by atoms with E-state index < -0.39 is 32.6 Å². The Hall–Kier alpha value is -2.60. The summed E-state index contributed by atoms with van der Waals surface area (Å²) in [7, 11) is 0. The molecule has 0 radical (unpaired) electrons. The summed E-state index contributed by atoms with van der Waals surface area (Å²) in [6.07, 6.45) is -4.89. The molecule has 0 amide bonds. The fourth-order valence-electron chi connectivity index (χ4n) is 1.80. The fourth-order valence-corrected chi connectivity index (χ4v) is 2.50. The lowest BCUT2D eigenvalue weighted by Gasteiger charge is -2.15. The van der Waals surface area contributed by atoms with Crippen molar-refractivity contribution in [2.24, 2.45) is 0 Å². The van der Waals surface area contributed by atoms with Crippen LogP contribution < -0.4 is 4.74 Å². The third-order valence-corrected chi connectivity index (χ3v) is 3.59. The molecule has 0 heterocycles. The first-order valence-electron chi connectivity index (χ1n) is 5.96. The third-order valence-electron chi connectivity index (χ3n) is 2.79. The number of ether oxygens (including phenoxy) is 1. The second kappa shape index (κ2) is 6.26. The van der Waals surface area contributed by atoms with E-state index in [1.54, 1.807) is 6.07 Å². The molecule has 0 saturated carbocycles. The van der Waals surface area contributed by atoms with E-state index in [1.165, 1.54) is 24.3 Å². The Kier molecular flexibility index (Phi) is 4.56. The van der Waals surface area contributed by atoms with Crippen LogP contribution in [0.1, 0.15) is 11.1 Å². The summed E-state index contributed by atoms with van der Waals surface area (Å²) in [5.74, 6) is -0.723. The molecule has 0 spiro atoms. The lowest BCUT2D eigenvalue weighted by molar-refractivity contribution is -0.386. The highest BCUT2D eigenvalue weighted by Gasteiger charge is 2.40. The molecular weight excluding hydrogens is 381 g/mol. The first kappa shape index (κ1) is 16.8. The number of para-hydroxylation sites is 1. The van der Waals surface area contributed by atoms with Crippen molar-refractivity contribution in [3.8, 4) is 17.6 Å². The van der Waals surface area contributed by atoms with Gasteiger partial charge in [-0.2, -0.15) is 18.4 Å². The van der Waals surface area contributed by atoms with Gasteiger partial charge in [-0.15, -0.1) is 0 Å². The van der Waals surface area contributed by atoms with Crippen LogP contribution in [0.15, 0.2) is 40.9 Å². The predicted molar refractivity (Wildman–Crippen MR) is 77.0 cm³/mol. The standard InChI is InChI=1S/C14H6BrF3N2O3/c15-13-9(20(21)22)5-6-11(12(13)14(16,17)18)23-10-4-2-1-3-8(10)7-19/h1-6H. The zero-order valence-corrected chi connectivity index (χ0v) is 12.7. The van der Waals surface area contributed by atoms with Gasteiger partial charge in [0, 0.05) is 6.07 Å². The first-order valence-corrected chi connectivity index (χ1v) is 6.76. The number of alkyl halides is 3. The molecule has 9 heteroatoms. The summed E-state index contributed by atoms with van der Waals surface area (Å²) in [5, 5.41) is 19.7. The van der Waals surface area contributed by atoms with Crippen LogP contribution in [-0.2, 0) is 6.18 Å². The molecule has 2 aromatic carbocycles. The van der Waals surface area contributed by atoms with Crippen molar-refractivity contribution < 1.29 is 22.8 Å². The Morgan fingerprint density at radius 2 is 1.83 bits per heavy atom. The highest BCUT2D eigenvalue weighted by atomic mass is 79.9. The lowest BCUT2D eigenvalue weighted by atomic mass is 10.1. The molecule has 2 aromatic rings. The van der Waals surface area contributed by atoms with Gasteiger partial charge in [0.2, 0.25) is 0 Å². The Labute approximate surface area is 136 Å². The summed E-state index contributed by atoms with van der Waals surface area (Å²) in [6, 6.07) is 9.26. The number of rotatable bonds is 3. The van der Waals surface area contributed by atoms with Gasteiger partial charge in [0.05, 0.1) is 10.5 Å². The van der Waals surface area contributed by atoms with Gasteiger partial charge < -0.3 is 4.74 Å². The molecule has 0 fully saturated rings. The van der Waals surface area contributed by atoms with Crippen molar-refractivity contribution in [2.75, 3.05) is 0 Å². The smallest absolute Gasteiger partial charge is 0.421 e.